The maximum Gasteiger partial charge on any atom is 0.343 e. The van der Waals surface area contributed by atoms with Crippen LogP contribution in [0.2, 0.25) is 10.0 Å². The minimum Gasteiger partial charge on any atom is -0.493 e. The zero-order valence-electron chi connectivity index (χ0n) is 17.5. The minimum absolute atomic E-state index is 0.109. The van der Waals surface area contributed by atoms with Crippen LogP contribution in [0.1, 0.15) is 10.4 Å². The van der Waals surface area contributed by atoms with E-state index >= 15 is 0 Å². The van der Waals surface area contributed by atoms with Gasteiger partial charge < -0.3 is 14.8 Å². The van der Waals surface area contributed by atoms with Crippen LogP contribution in [0.5, 0.6) is 11.5 Å². The van der Waals surface area contributed by atoms with Crippen LogP contribution in [0.4, 0.5) is 11.4 Å². The Kier molecular flexibility index (Phi) is 6.79. The molecule has 10 heteroatoms. The van der Waals surface area contributed by atoms with Gasteiger partial charge in [0.1, 0.15) is 10.7 Å². The number of nitrogens with one attached hydrogen (secondary N) is 1. The summed E-state index contributed by atoms with van der Waals surface area (Å²) < 4.78 is 10.6. The van der Waals surface area contributed by atoms with E-state index < -0.39 is 17.8 Å². The van der Waals surface area contributed by atoms with Gasteiger partial charge in [-0.3, -0.25) is 9.59 Å². The number of carbonyl (C=O) groups is 3. The number of anilines is 2. The minimum atomic E-state index is -0.704. The van der Waals surface area contributed by atoms with E-state index in [1.807, 2.05) is 0 Å². The molecule has 0 unspecified atom stereocenters. The molecule has 3 aromatic carbocycles. The lowest BCUT2D eigenvalue weighted by Gasteiger charge is -2.15. The Morgan fingerprint density at radius 1 is 0.853 bits per heavy atom. The number of esters is 1. The fourth-order valence-electron chi connectivity index (χ4n) is 3.17. The summed E-state index contributed by atoms with van der Waals surface area (Å²) in [4.78, 5) is 38.9. The summed E-state index contributed by atoms with van der Waals surface area (Å²) in [7, 11) is 1.48. The molecule has 2 amide bonds. The lowest BCUT2D eigenvalue weighted by Crippen LogP contribution is -2.32. The molecule has 0 saturated carbocycles. The van der Waals surface area contributed by atoms with E-state index in [1.54, 1.807) is 36.4 Å². The number of nitrogens with zero attached hydrogens (tertiary/aromatic N) is 1. The van der Waals surface area contributed by atoms with Crippen molar-refractivity contribution in [1.29, 1.82) is 0 Å². The number of halogens is 3. The van der Waals surface area contributed by atoms with Gasteiger partial charge in [-0.15, -0.1) is 0 Å². The van der Waals surface area contributed by atoms with Gasteiger partial charge >= 0.3 is 5.97 Å². The molecule has 0 aromatic heterocycles. The van der Waals surface area contributed by atoms with Crippen molar-refractivity contribution in [3.05, 3.63) is 93.1 Å². The van der Waals surface area contributed by atoms with E-state index in [-0.39, 0.29) is 37.8 Å². The summed E-state index contributed by atoms with van der Waals surface area (Å²) in [5.41, 5.74) is 0.817. The third-order valence-electron chi connectivity index (χ3n) is 4.85. The number of ether oxygens (including phenoxy) is 2. The highest BCUT2D eigenvalue weighted by atomic mass is 35.5. The third kappa shape index (κ3) is 4.59. The maximum atomic E-state index is 12.9. The monoisotopic (exact) mass is 516 g/mol. The molecular weight excluding hydrogens is 503 g/mol. The number of benzene rings is 3. The molecule has 1 aliphatic heterocycles. The van der Waals surface area contributed by atoms with Crippen molar-refractivity contribution < 1.29 is 23.9 Å². The SMILES string of the molecule is COc1ccccc1OC(=O)c1ccc(NC2=C(Cl)C(=O)N(c3ccc(Cl)c(Cl)c3)C2=O)cc1. The van der Waals surface area contributed by atoms with Crippen LogP contribution in [0.3, 0.4) is 0 Å². The second-order valence-corrected chi connectivity index (χ2v) is 8.17. The summed E-state index contributed by atoms with van der Waals surface area (Å²) in [5, 5.41) is 3.02. The first-order valence-corrected chi connectivity index (χ1v) is 10.9. The van der Waals surface area contributed by atoms with E-state index in [9.17, 15) is 14.4 Å². The largest absolute Gasteiger partial charge is 0.493 e. The lowest BCUT2D eigenvalue weighted by molar-refractivity contribution is -0.120. The van der Waals surface area contributed by atoms with Gasteiger partial charge in [0.15, 0.2) is 11.5 Å². The van der Waals surface area contributed by atoms with Crippen LogP contribution in [-0.2, 0) is 9.59 Å². The molecule has 172 valence electrons. The molecule has 4 rings (SSSR count). The molecule has 1 N–H and O–H groups in total. The van der Waals surface area contributed by atoms with Crippen LogP contribution in [0.25, 0.3) is 0 Å². The lowest BCUT2D eigenvalue weighted by atomic mass is 10.2. The number of carbonyl (C=O) groups excluding carboxylic acids is 3. The molecule has 0 atom stereocenters. The predicted molar refractivity (Wildman–Crippen MR) is 130 cm³/mol. The van der Waals surface area contributed by atoms with E-state index in [0.29, 0.717) is 11.4 Å². The molecule has 34 heavy (non-hydrogen) atoms. The Morgan fingerprint density at radius 3 is 2.18 bits per heavy atom. The Balaban J connectivity index is 1.49. The average Bonchev–Trinajstić information content (AvgIpc) is 3.04. The Bertz CT molecular complexity index is 1340. The number of rotatable bonds is 6. The molecule has 0 bridgehead atoms. The molecule has 0 fully saturated rings. The first kappa shape index (κ1) is 23.6. The highest BCUT2D eigenvalue weighted by Crippen LogP contribution is 2.33. The number of methoxy groups -OCH3 is 1. The summed E-state index contributed by atoms with van der Waals surface area (Å²) in [6.45, 7) is 0. The van der Waals surface area contributed by atoms with Crippen LogP contribution >= 0.6 is 34.8 Å². The van der Waals surface area contributed by atoms with Crippen LogP contribution < -0.4 is 19.7 Å². The first-order valence-electron chi connectivity index (χ1n) is 9.76. The van der Waals surface area contributed by atoms with Gasteiger partial charge in [-0.25, -0.2) is 9.69 Å². The Labute approximate surface area is 209 Å². The fourth-order valence-corrected chi connectivity index (χ4v) is 3.67. The van der Waals surface area contributed by atoms with Gasteiger partial charge in [0, 0.05) is 5.69 Å². The molecular formula is C24H15Cl3N2O5. The summed E-state index contributed by atoms with van der Waals surface area (Å²) in [6.07, 6.45) is 0. The first-order chi connectivity index (χ1) is 16.3. The third-order valence-corrected chi connectivity index (χ3v) is 5.94. The molecule has 0 spiro atoms. The molecule has 0 radical (unpaired) electrons. The van der Waals surface area contributed by atoms with Crippen molar-refractivity contribution in [2.45, 2.75) is 0 Å². The zero-order chi connectivity index (χ0) is 24.4. The molecule has 0 aliphatic carbocycles. The second kappa shape index (κ2) is 9.77. The Hall–Kier alpha value is -3.52. The smallest absolute Gasteiger partial charge is 0.343 e. The molecule has 7 nitrogen and oxygen atoms in total. The second-order valence-electron chi connectivity index (χ2n) is 6.98. The standard InChI is InChI=1S/C24H15Cl3N2O5/c1-33-18-4-2-3-5-19(18)34-24(32)13-6-8-14(9-7-13)28-21-20(27)22(30)29(23(21)31)15-10-11-16(25)17(26)12-15/h2-12,28H,1H3. The van der Waals surface area contributed by atoms with Crippen LogP contribution in [0.15, 0.2) is 77.5 Å². The number of amides is 2. The number of hydrogen-bond acceptors (Lipinski definition) is 6. The van der Waals surface area contributed by atoms with Crippen molar-refractivity contribution in [1.82, 2.24) is 0 Å². The van der Waals surface area contributed by atoms with E-state index in [1.165, 1.54) is 37.4 Å². The van der Waals surface area contributed by atoms with Gasteiger partial charge in [0.05, 0.1) is 28.4 Å². The number of imide groups is 1. The van der Waals surface area contributed by atoms with Gasteiger partial charge in [-0.1, -0.05) is 46.9 Å². The quantitative estimate of drug-likeness (QED) is 0.258. The van der Waals surface area contributed by atoms with E-state index in [2.05, 4.69) is 5.32 Å². The predicted octanol–water partition coefficient (Wildman–Crippen LogP) is 5.66. The van der Waals surface area contributed by atoms with Crippen molar-refractivity contribution in [3.63, 3.8) is 0 Å². The van der Waals surface area contributed by atoms with Crippen molar-refractivity contribution in [2.24, 2.45) is 0 Å². The number of hydrogen-bond donors (Lipinski definition) is 1. The molecule has 0 saturated heterocycles. The van der Waals surface area contributed by atoms with Gasteiger partial charge in [-0.2, -0.15) is 0 Å². The van der Waals surface area contributed by atoms with E-state index in [4.69, 9.17) is 44.3 Å². The molecule has 3 aromatic rings. The fraction of sp³-hybridized carbons (Fsp3) is 0.0417. The topological polar surface area (TPSA) is 84.9 Å². The highest BCUT2D eigenvalue weighted by molar-refractivity contribution is 6.53. The maximum absolute atomic E-state index is 12.9. The summed E-state index contributed by atoms with van der Waals surface area (Å²) >= 11 is 18.1. The van der Waals surface area contributed by atoms with Gasteiger partial charge in [-0.05, 0) is 54.6 Å². The Morgan fingerprint density at radius 2 is 1.53 bits per heavy atom. The summed E-state index contributed by atoms with van der Waals surface area (Å²) in [6, 6.07) is 17.2. The molecule has 1 heterocycles. The number of para-hydroxylation sites is 2. The molecule has 1 aliphatic rings. The normalized spacial score (nSPS) is 13.4. The van der Waals surface area contributed by atoms with Crippen molar-refractivity contribution >= 4 is 64.0 Å². The average molecular weight is 518 g/mol. The van der Waals surface area contributed by atoms with Crippen LogP contribution in [0, 0.1) is 0 Å². The van der Waals surface area contributed by atoms with Crippen LogP contribution in [-0.4, -0.2) is 24.9 Å². The summed E-state index contributed by atoms with van der Waals surface area (Å²) in [5.74, 6) is -1.25. The zero-order valence-corrected chi connectivity index (χ0v) is 19.7. The van der Waals surface area contributed by atoms with Gasteiger partial charge in [0.2, 0.25) is 0 Å². The highest BCUT2D eigenvalue weighted by Gasteiger charge is 2.39. The van der Waals surface area contributed by atoms with Crippen molar-refractivity contribution in [2.75, 3.05) is 17.3 Å². The van der Waals surface area contributed by atoms with Crippen molar-refractivity contribution in [3.8, 4) is 11.5 Å². The van der Waals surface area contributed by atoms with Gasteiger partial charge in [0.25, 0.3) is 11.8 Å². The van der Waals surface area contributed by atoms with E-state index in [0.717, 1.165) is 4.90 Å².